The van der Waals surface area contributed by atoms with Crippen LogP contribution in [0.2, 0.25) is 0 Å². The van der Waals surface area contributed by atoms with E-state index in [9.17, 15) is 13.2 Å². The van der Waals surface area contributed by atoms with Gasteiger partial charge in [-0.3, -0.25) is 5.10 Å². The van der Waals surface area contributed by atoms with Crippen LogP contribution in [0, 0.1) is 0 Å². The number of aromatic amines is 1. The lowest BCUT2D eigenvalue weighted by Crippen LogP contribution is -2.16. The van der Waals surface area contributed by atoms with E-state index < -0.39 is 6.36 Å². The summed E-state index contributed by atoms with van der Waals surface area (Å²) in [4.78, 5) is 4.52. The molecule has 3 aromatic rings. The van der Waals surface area contributed by atoms with E-state index in [4.69, 9.17) is 0 Å². The van der Waals surface area contributed by atoms with Gasteiger partial charge in [0.1, 0.15) is 11.6 Å². The van der Waals surface area contributed by atoms with Gasteiger partial charge in [0.05, 0.1) is 0 Å². The average Bonchev–Trinajstić information content (AvgIpc) is 3.31. The summed E-state index contributed by atoms with van der Waals surface area (Å²) in [6.07, 6.45) is -2.41. The Morgan fingerprint density at radius 2 is 1.68 bits per heavy atom. The lowest BCUT2D eigenvalue weighted by Gasteiger charge is -2.09. The predicted octanol–water partition coefficient (Wildman–Crippen LogP) is 4.91. The number of hydrogen-bond acceptors (Lipinski definition) is 3. The number of H-pyrrole nitrogens is 1. The van der Waals surface area contributed by atoms with Gasteiger partial charge in [-0.1, -0.05) is 30.3 Å². The number of aromatic nitrogens is 3. The highest BCUT2D eigenvalue weighted by molar-refractivity contribution is 5.70. The Bertz CT molecular complexity index is 883. The Kier molecular flexibility index (Phi) is 3.71. The van der Waals surface area contributed by atoms with Crippen LogP contribution < -0.4 is 4.74 Å². The molecule has 0 bridgehead atoms. The molecular formula is C18H14F3N3O. The van der Waals surface area contributed by atoms with Crippen LogP contribution in [-0.4, -0.2) is 21.5 Å². The van der Waals surface area contributed by atoms with E-state index in [1.807, 2.05) is 24.3 Å². The van der Waals surface area contributed by atoms with Gasteiger partial charge in [-0.15, -0.1) is 13.2 Å². The van der Waals surface area contributed by atoms with Crippen LogP contribution >= 0.6 is 0 Å². The molecule has 7 heteroatoms. The number of nitrogens with zero attached hydrogens (tertiary/aromatic N) is 2. The summed E-state index contributed by atoms with van der Waals surface area (Å²) >= 11 is 0. The molecule has 0 saturated heterocycles. The molecule has 25 heavy (non-hydrogen) atoms. The number of rotatable bonds is 4. The van der Waals surface area contributed by atoms with E-state index in [0.29, 0.717) is 11.7 Å². The van der Waals surface area contributed by atoms with Crippen molar-refractivity contribution in [1.82, 2.24) is 15.2 Å². The third-order valence-electron chi connectivity index (χ3n) is 4.01. The average molecular weight is 345 g/mol. The largest absolute Gasteiger partial charge is 0.573 e. The Hall–Kier alpha value is -2.83. The molecule has 2 aromatic carbocycles. The maximum Gasteiger partial charge on any atom is 0.573 e. The van der Waals surface area contributed by atoms with Gasteiger partial charge < -0.3 is 4.74 Å². The second-order valence-corrected chi connectivity index (χ2v) is 5.97. The molecule has 1 aliphatic rings. The SMILES string of the molecule is FC(F)(F)Oc1ccc(-c2cccc(-c3n[nH]c(C4CC4)n3)c2)cc1. The number of ether oxygens (including phenoxy) is 1. The van der Waals surface area contributed by atoms with Crippen molar-refractivity contribution in [1.29, 1.82) is 0 Å². The third kappa shape index (κ3) is 3.65. The molecule has 1 heterocycles. The topological polar surface area (TPSA) is 50.8 Å². The van der Waals surface area contributed by atoms with E-state index in [1.165, 1.54) is 12.1 Å². The summed E-state index contributed by atoms with van der Waals surface area (Å²) < 4.78 is 40.6. The summed E-state index contributed by atoms with van der Waals surface area (Å²) in [5, 5.41) is 7.23. The first-order valence-electron chi connectivity index (χ1n) is 7.87. The molecule has 0 aliphatic heterocycles. The van der Waals surface area contributed by atoms with Crippen molar-refractivity contribution < 1.29 is 17.9 Å². The Balaban J connectivity index is 1.58. The first kappa shape index (κ1) is 15.7. The Labute approximate surface area is 141 Å². The molecule has 0 amide bonds. The molecule has 0 atom stereocenters. The van der Waals surface area contributed by atoms with Crippen molar-refractivity contribution in [2.75, 3.05) is 0 Å². The van der Waals surface area contributed by atoms with Gasteiger partial charge in [0, 0.05) is 11.5 Å². The smallest absolute Gasteiger partial charge is 0.406 e. The molecule has 128 valence electrons. The third-order valence-corrected chi connectivity index (χ3v) is 4.01. The second-order valence-electron chi connectivity index (χ2n) is 5.97. The zero-order valence-electron chi connectivity index (χ0n) is 13.0. The second kappa shape index (κ2) is 5.91. The van der Waals surface area contributed by atoms with Gasteiger partial charge in [-0.25, -0.2) is 4.98 Å². The molecule has 1 N–H and O–H groups in total. The van der Waals surface area contributed by atoms with E-state index >= 15 is 0 Å². The maximum absolute atomic E-state index is 12.2. The fourth-order valence-electron chi connectivity index (χ4n) is 2.63. The standard InChI is InChI=1S/C18H14F3N3O/c19-18(20,21)25-15-8-6-11(7-9-15)13-2-1-3-14(10-13)17-22-16(23-24-17)12-4-5-12/h1-3,6-10,12H,4-5H2,(H,22,23,24). The van der Waals surface area contributed by atoms with Crippen LogP contribution in [-0.2, 0) is 0 Å². The lowest BCUT2D eigenvalue weighted by molar-refractivity contribution is -0.274. The summed E-state index contributed by atoms with van der Waals surface area (Å²) in [5.74, 6) is 1.79. The molecule has 4 nitrogen and oxygen atoms in total. The van der Waals surface area contributed by atoms with Crippen molar-refractivity contribution in [3.63, 3.8) is 0 Å². The first-order valence-corrected chi connectivity index (χ1v) is 7.87. The Morgan fingerprint density at radius 3 is 2.36 bits per heavy atom. The highest BCUT2D eigenvalue weighted by atomic mass is 19.4. The molecule has 0 unspecified atom stereocenters. The number of alkyl halides is 3. The van der Waals surface area contributed by atoms with Crippen molar-refractivity contribution in [2.24, 2.45) is 0 Å². The molecule has 1 fully saturated rings. The van der Waals surface area contributed by atoms with E-state index in [2.05, 4.69) is 19.9 Å². The van der Waals surface area contributed by atoms with Crippen LogP contribution in [0.5, 0.6) is 5.75 Å². The quantitative estimate of drug-likeness (QED) is 0.730. The first-order chi connectivity index (χ1) is 12.0. The minimum absolute atomic E-state index is 0.240. The highest BCUT2D eigenvalue weighted by Crippen LogP contribution is 2.38. The summed E-state index contributed by atoms with van der Waals surface area (Å²) in [6.45, 7) is 0. The highest BCUT2D eigenvalue weighted by Gasteiger charge is 2.31. The molecule has 4 rings (SSSR count). The normalized spacial score (nSPS) is 14.5. The van der Waals surface area contributed by atoms with Crippen LogP contribution in [0.4, 0.5) is 13.2 Å². The maximum atomic E-state index is 12.2. The van der Waals surface area contributed by atoms with E-state index in [0.717, 1.165) is 35.4 Å². The van der Waals surface area contributed by atoms with Gasteiger partial charge in [0.2, 0.25) is 0 Å². The van der Waals surface area contributed by atoms with Crippen LogP contribution in [0.1, 0.15) is 24.6 Å². The van der Waals surface area contributed by atoms with Gasteiger partial charge in [0.25, 0.3) is 0 Å². The van der Waals surface area contributed by atoms with Crippen molar-refractivity contribution in [3.8, 4) is 28.3 Å². The minimum Gasteiger partial charge on any atom is -0.406 e. The van der Waals surface area contributed by atoms with Gasteiger partial charge in [0.15, 0.2) is 5.82 Å². The number of nitrogens with one attached hydrogen (secondary N) is 1. The summed E-state index contributed by atoms with van der Waals surface area (Å²) in [5.41, 5.74) is 2.51. The summed E-state index contributed by atoms with van der Waals surface area (Å²) in [7, 11) is 0. The van der Waals surface area contributed by atoms with Crippen molar-refractivity contribution >= 4 is 0 Å². The van der Waals surface area contributed by atoms with Crippen molar-refractivity contribution in [2.45, 2.75) is 25.1 Å². The summed E-state index contributed by atoms with van der Waals surface area (Å²) in [6, 6.07) is 13.4. The van der Waals surface area contributed by atoms with E-state index in [-0.39, 0.29) is 5.75 Å². The van der Waals surface area contributed by atoms with E-state index in [1.54, 1.807) is 12.1 Å². The number of benzene rings is 2. The predicted molar refractivity (Wildman–Crippen MR) is 85.9 cm³/mol. The lowest BCUT2D eigenvalue weighted by atomic mass is 10.0. The molecular weight excluding hydrogens is 331 g/mol. The van der Waals surface area contributed by atoms with Gasteiger partial charge >= 0.3 is 6.36 Å². The number of halogens is 3. The van der Waals surface area contributed by atoms with Crippen LogP contribution in [0.3, 0.4) is 0 Å². The molecule has 1 aliphatic carbocycles. The molecule has 0 radical (unpaired) electrons. The van der Waals surface area contributed by atoms with Crippen LogP contribution in [0.25, 0.3) is 22.5 Å². The van der Waals surface area contributed by atoms with Gasteiger partial charge in [-0.2, -0.15) is 5.10 Å². The van der Waals surface area contributed by atoms with Crippen molar-refractivity contribution in [3.05, 3.63) is 54.4 Å². The molecule has 1 aromatic heterocycles. The zero-order valence-corrected chi connectivity index (χ0v) is 13.0. The van der Waals surface area contributed by atoms with Crippen LogP contribution in [0.15, 0.2) is 48.5 Å². The zero-order chi connectivity index (χ0) is 17.4. The minimum atomic E-state index is -4.69. The molecule has 1 saturated carbocycles. The fraction of sp³-hybridized carbons (Fsp3) is 0.222. The Morgan fingerprint density at radius 1 is 0.960 bits per heavy atom. The van der Waals surface area contributed by atoms with Gasteiger partial charge in [-0.05, 0) is 42.2 Å². The molecule has 0 spiro atoms. The monoisotopic (exact) mass is 345 g/mol. The number of hydrogen-bond donors (Lipinski definition) is 1. The fourth-order valence-corrected chi connectivity index (χ4v) is 2.63.